The van der Waals surface area contributed by atoms with Gasteiger partial charge >= 0.3 is 0 Å². The van der Waals surface area contributed by atoms with Crippen molar-refractivity contribution in [1.29, 1.82) is 0 Å². The Balaban J connectivity index is 1.84. The van der Waals surface area contributed by atoms with Crippen molar-refractivity contribution in [2.45, 2.75) is 32.9 Å². The molecule has 4 nitrogen and oxygen atoms in total. The summed E-state index contributed by atoms with van der Waals surface area (Å²) >= 11 is 5.88. The summed E-state index contributed by atoms with van der Waals surface area (Å²) in [4.78, 5) is 0. The summed E-state index contributed by atoms with van der Waals surface area (Å²) in [6.07, 6.45) is 4.45. The van der Waals surface area contributed by atoms with Crippen LogP contribution >= 0.6 is 11.6 Å². The second kappa shape index (κ2) is 7.59. The van der Waals surface area contributed by atoms with Crippen LogP contribution < -0.4 is 5.32 Å². The number of aliphatic hydroxyl groups is 1. The monoisotopic (exact) mass is 307 g/mol. The zero-order chi connectivity index (χ0) is 15.2. The normalized spacial score (nSPS) is 14.1. The molecule has 114 valence electrons. The lowest BCUT2D eigenvalue weighted by atomic mass is 10.0. The van der Waals surface area contributed by atoms with Crippen molar-refractivity contribution in [2.75, 3.05) is 6.54 Å². The van der Waals surface area contributed by atoms with Crippen molar-refractivity contribution in [3.63, 3.8) is 0 Å². The Morgan fingerprint density at radius 1 is 1.29 bits per heavy atom. The van der Waals surface area contributed by atoms with Crippen LogP contribution in [-0.4, -0.2) is 27.5 Å². The Kier molecular flexibility index (Phi) is 5.79. The van der Waals surface area contributed by atoms with E-state index in [9.17, 15) is 5.11 Å². The molecule has 0 saturated heterocycles. The van der Waals surface area contributed by atoms with Crippen molar-refractivity contribution in [2.24, 2.45) is 5.92 Å². The molecule has 1 aromatic carbocycles. The number of hydrogen-bond acceptors (Lipinski definition) is 3. The molecule has 0 aliphatic heterocycles. The lowest BCUT2D eigenvalue weighted by Crippen LogP contribution is -2.23. The smallest absolute Gasteiger partial charge is 0.0646 e. The lowest BCUT2D eigenvalue weighted by molar-refractivity contribution is 0.163. The first-order chi connectivity index (χ1) is 10.0. The molecule has 1 heterocycles. The number of halogens is 1. The van der Waals surface area contributed by atoms with Crippen LogP contribution in [0.25, 0.3) is 5.69 Å². The second-order valence-corrected chi connectivity index (χ2v) is 6.03. The number of rotatable bonds is 7. The second-order valence-electron chi connectivity index (χ2n) is 5.59. The van der Waals surface area contributed by atoms with Crippen LogP contribution in [0.2, 0.25) is 5.02 Å². The van der Waals surface area contributed by atoms with Crippen molar-refractivity contribution in [3.05, 3.63) is 47.2 Å². The van der Waals surface area contributed by atoms with E-state index < -0.39 is 0 Å². The highest BCUT2D eigenvalue weighted by atomic mass is 35.5. The third kappa shape index (κ3) is 5.16. The van der Waals surface area contributed by atoms with Gasteiger partial charge < -0.3 is 10.4 Å². The topological polar surface area (TPSA) is 50.1 Å². The minimum absolute atomic E-state index is 0.241. The number of aliphatic hydroxyl groups excluding tert-OH is 1. The van der Waals surface area contributed by atoms with E-state index in [-0.39, 0.29) is 6.10 Å². The number of nitrogens with zero attached hydrogens (tertiary/aromatic N) is 2. The molecule has 0 fully saturated rings. The van der Waals surface area contributed by atoms with E-state index >= 15 is 0 Å². The molecule has 2 unspecified atom stereocenters. The minimum atomic E-state index is -0.241. The number of hydrogen-bond donors (Lipinski definition) is 2. The molecule has 2 aromatic rings. The first-order valence-corrected chi connectivity index (χ1v) is 7.60. The van der Waals surface area contributed by atoms with Gasteiger partial charge in [-0.05, 0) is 50.1 Å². The number of aromatic nitrogens is 2. The Labute approximate surface area is 130 Å². The number of benzene rings is 1. The molecule has 2 atom stereocenters. The van der Waals surface area contributed by atoms with Gasteiger partial charge in [0.25, 0.3) is 0 Å². The van der Waals surface area contributed by atoms with Crippen molar-refractivity contribution in [1.82, 2.24) is 15.1 Å². The molecule has 0 aliphatic rings. The van der Waals surface area contributed by atoms with Crippen LogP contribution in [0.5, 0.6) is 0 Å². The molecular weight excluding hydrogens is 286 g/mol. The van der Waals surface area contributed by atoms with Crippen LogP contribution in [-0.2, 0) is 6.54 Å². The van der Waals surface area contributed by atoms with E-state index in [1.165, 1.54) is 0 Å². The van der Waals surface area contributed by atoms with Crippen molar-refractivity contribution >= 4 is 11.6 Å². The van der Waals surface area contributed by atoms with Crippen LogP contribution in [0.15, 0.2) is 36.7 Å². The third-order valence-corrected chi connectivity index (χ3v) is 3.54. The summed E-state index contributed by atoms with van der Waals surface area (Å²) in [5, 5.41) is 17.8. The summed E-state index contributed by atoms with van der Waals surface area (Å²) in [6, 6.07) is 7.59. The summed E-state index contributed by atoms with van der Waals surface area (Å²) in [5.74, 6) is 0.455. The fraction of sp³-hybridized carbons (Fsp3) is 0.438. The molecule has 0 saturated carbocycles. The SMILES string of the molecule is CC(O)CC(C)CNCc1cnn(-c2ccc(Cl)cc2)c1. The molecule has 0 aliphatic carbocycles. The molecule has 2 rings (SSSR count). The van der Waals surface area contributed by atoms with E-state index in [4.69, 9.17) is 11.6 Å². The fourth-order valence-corrected chi connectivity index (χ4v) is 2.44. The zero-order valence-electron chi connectivity index (χ0n) is 12.5. The maximum atomic E-state index is 9.34. The maximum Gasteiger partial charge on any atom is 0.0646 e. The molecule has 1 aromatic heterocycles. The summed E-state index contributed by atoms with van der Waals surface area (Å²) in [6.45, 7) is 5.62. The predicted octanol–water partition coefficient (Wildman–Crippen LogP) is 3.02. The molecule has 5 heteroatoms. The lowest BCUT2D eigenvalue weighted by Gasteiger charge is -2.13. The summed E-state index contributed by atoms with van der Waals surface area (Å²) in [7, 11) is 0. The molecule has 2 N–H and O–H groups in total. The first kappa shape index (κ1) is 16.0. The van der Waals surface area contributed by atoms with Crippen LogP contribution in [0.1, 0.15) is 25.8 Å². The number of nitrogens with one attached hydrogen (secondary N) is 1. The summed E-state index contributed by atoms with van der Waals surface area (Å²) < 4.78 is 1.84. The molecule has 0 amide bonds. The predicted molar refractivity (Wildman–Crippen MR) is 85.7 cm³/mol. The van der Waals surface area contributed by atoms with Gasteiger partial charge in [-0.15, -0.1) is 0 Å². The average Bonchev–Trinajstić information content (AvgIpc) is 2.87. The van der Waals surface area contributed by atoms with Gasteiger partial charge in [-0.1, -0.05) is 18.5 Å². The Morgan fingerprint density at radius 2 is 2.00 bits per heavy atom. The zero-order valence-corrected chi connectivity index (χ0v) is 13.2. The van der Waals surface area contributed by atoms with E-state index in [0.29, 0.717) is 5.92 Å². The molecule has 0 bridgehead atoms. The quantitative estimate of drug-likeness (QED) is 0.826. The highest BCUT2D eigenvalue weighted by Crippen LogP contribution is 2.13. The molecule has 0 radical (unpaired) electrons. The van der Waals surface area contributed by atoms with Gasteiger partial charge in [0, 0.05) is 23.3 Å². The minimum Gasteiger partial charge on any atom is -0.393 e. The molecule has 0 spiro atoms. The van der Waals surface area contributed by atoms with Gasteiger partial charge in [-0.3, -0.25) is 0 Å². The Hall–Kier alpha value is -1.36. The van der Waals surface area contributed by atoms with E-state index in [1.54, 1.807) is 0 Å². The van der Waals surface area contributed by atoms with Gasteiger partial charge in [0.1, 0.15) is 0 Å². The van der Waals surface area contributed by atoms with Crippen LogP contribution in [0.3, 0.4) is 0 Å². The van der Waals surface area contributed by atoms with Gasteiger partial charge in [-0.2, -0.15) is 5.10 Å². The molecular formula is C16H22ClN3O. The Morgan fingerprint density at radius 3 is 2.67 bits per heavy atom. The van der Waals surface area contributed by atoms with Gasteiger partial charge in [0.15, 0.2) is 0 Å². The standard InChI is InChI=1S/C16H22ClN3O/c1-12(7-13(2)21)8-18-9-14-10-19-20(11-14)16-5-3-15(17)4-6-16/h3-6,10-13,18,21H,7-9H2,1-2H3. The summed E-state index contributed by atoms with van der Waals surface area (Å²) in [5.41, 5.74) is 2.13. The highest BCUT2D eigenvalue weighted by molar-refractivity contribution is 6.30. The van der Waals surface area contributed by atoms with E-state index in [0.717, 1.165) is 35.8 Å². The van der Waals surface area contributed by atoms with E-state index in [2.05, 4.69) is 17.3 Å². The maximum absolute atomic E-state index is 9.34. The first-order valence-electron chi connectivity index (χ1n) is 7.23. The van der Waals surface area contributed by atoms with Crippen molar-refractivity contribution < 1.29 is 5.11 Å². The van der Waals surface area contributed by atoms with Gasteiger partial charge in [0.05, 0.1) is 18.0 Å². The average molecular weight is 308 g/mol. The molecule has 21 heavy (non-hydrogen) atoms. The fourth-order valence-electron chi connectivity index (χ4n) is 2.31. The van der Waals surface area contributed by atoms with Gasteiger partial charge in [0.2, 0.25) is 0 Å². The third-order valence-electron chi connectivity index (χ3n) is 3.29. The highest BCUT2D eigenvalue weighted by Gasteiger charge is 2.06. The largest absolute Gasteiger partial charge is 0.393 e. The van der Waals surface area contributed by atoms with Crippen molar-refractivity contribution in [3.8, 4) is 5.69 Å². The van der Waals surface area contributed by atoms with Gasteiger partial charge in [-0.25, -0.2) is 4.68 Å². The van der Waals surface area contributed by atoms with Crippen LogP contribution in [0.4, 0.5) is 0 Å². The van der Waals surface area contributed by atoms with Crippen LogP contribution in [0, 0.1) is 5.92 Å². The Bertz CT molecular complexity index is 551. The van der Waals surface area contributed by atoms with E-state index in [1.807, 2.05) is 48.3 Å².